The molecular weight excluding hydrogens is 473 g/mol. The number of ether oxygens (including phenoxy) is 1. The minimum Gasteiger partial charge on any atom is -0.380 e. The lowest BCUT2D eigenvalue weighted by atomic mass is 9.88. The zero-order valence-electron chi connectivity index (χ0n) is 22.1. The van der Waals surface area contributed by atoms with E-state index >= 15 is 0 Å². The van der Waals surface area contributed by atoms with E-state index in [4.69, 9.17) is 10.5 Å². The summed E-state index contributed by atoms with van der Waals surface area (Å²) in [4.78, 5) is 25.2. The van der Waals surface area contributed by atoms with Crippen LogP contribution >= 0.6 is 0 Å². The number of nitrogens with one attached hydrogen (secondary N) is 2. The second-order valence-electron chi connectivity index (χ2n) is 9.63. The van der Waals surface area contributed by atoms with Crippen LogP contribution in [0.25, 0.3) is 0 Å². The van der Waals surface area contributed by atoms with E-state index in [1.807, 2.05) is 32.1 Å². The number of likely N-dealkylation sites (N-methyl/N-ethyl adjacent to an activating group) is 1. The molecule has 1 amide bonds. The van der Waals surface area contributed by atoms with Gasteiger partial charge in [0.1, 0.15) is 0 Å². The molecule has 5 rings (SSSR count). The van der Waals surface area contributed by atoms with Crippen LogP contribution in [0.5, 0.6) is 0 Å². The highest BCUT2D eigenvalue weighted by Crippen LogP contribution is 2.45. The zero-order valence-corrected chi connectivity index (χ0v) is 22.1. The summed E-state index contributed by atoms with van der Waals surface area (Å²) in [6, 6.07) is 5.78. The molecule has 2 fully saturated rings. The van der Waals surface area contributed by atoms with Crippen LogP contribution in [-0.4, -0.2) is 67.2 Å². The lowest BCUT2D eigenvalue weighted by molar-refractivity contribution is -0.122. The van der Waals surface area contributed by atoms with Gasteiger partial charge in [-0.15, -0.1) is 0 Å². The smallest absolute Gasteiger partial charge is 0.229 e. The average Bonchev–Trinajstić information content (AvgIpc) is 3.50. The summed E-state index contributed by atoms with van der Waals surface area (Å²) in [5.74, 6) is -0.786. The van der Waals surface area contributed by atoms with E-state index in [1.165, 1.54) is 0 Å². The van der Waals surface area contributed by atoms with E-state index < -0.39 is 5.82 Å². The van der Waals surface area contributed by atoms with E-state index in [0.717, 1.165) is 55.7 Å². The van der Waals surface area contributed by atoms with Crippen LogP contribution in [-0.2, 0) is 16.1 Å². The molecule has 2 aromatic rings. The number of allylic oxidation sites excluding steroid dienone is 1. The fraction of sp³-hybridized carbons (Fsp3) is 0.519. The molecule has 0 spiro atoms. The molecule has 10 heteroatoms. The van der Waals surface area contributed by atoms with Gasteiger partial charge in [0.15, 0.2) is 11.6 Å². The second kappa shape index (κ2) is 11.9. The van der Waals surface area contributed by atoms with Crippen molar-refractivity contribution in [3.05, 3.63) is 47.9 Å². The molecule has 200 valence electrons. The van der Waals surface area contributed by atoms with Gasteiger partial charge in [0, 0.05) is 56.3 Å². The van der Waals surface area contributed by atoms with Crippen LogP contribution in [0.15, 0.2) is 36.5 Å². The fourth-order valence-electron chi connectivity index (χ4n) is 5.51. The van der Waals surface area contributed by atoms with Crippen LogP contribution < -0.4 is 21.3 Å². The number of amides is 1. The number of hydrogen-bond donors (Lipinski definition) is 3. The average molecular weight is 512 g/mol. The third kappa shape index (κ3) is 5.86. The van der Waals surface area contributed by atoms with E-state index in [1.54, 1.807) is 7.11 Å². The van der Waals surface area contributed by atoms with Gasteiger partial charge in [0.2, 0.25) is 11.9 Å². The van der Waals surface area contributed by atoms with Crippen LogP contribution in [0.3, 0.4) is 0 Å². The predicted molar refractivity (Wildman–Crippen MR) is 144 cm³/mol. The van der Waals surface area contributed by atoms with Gasteiger partial charge in [-0.25, -0.2) is 9.37 Å². The first-order valence-corrected chi connectivity index (χ1v) is 13.0. The Morgan fingerprint density at radius 1 is 1.19 bits per heavy atom. The summed E-state index contributed by atoms with van der Waals surface area (Å²) in [6.45, 7) is 8.42. The molecule has 9 nitrogen and oxygen atoms in total. The molecule has 0 radical (unpaired) electrons. The number of carbonyl (C=O) groups excluding carboxylic acids is 1. The van der Waals surface area contributed by atoms with Crippen molar-refractivity contribution in [3.8, 4) is 0 Å². The lowest BCUT2D eigenvalue weighted by Gasteiger charge is -2.35. The van der Waals surface area contributed by atoms with Gasteiger partial charge >= 0.3 is 0 Å². The Labute approximate surface area is 218 Å². The molecule has 2 aliphatic carbocycles. The summed E-state index contributed by atoms with van der Waals surface area (Å²) in [5, 5.41) is 6.32. The van der Waals surface area contributed by atoms with E-state index in [-0.39, 0.29) is 41.5 Å². The Balaban J connectivity index is 0.00000156. The summed E-state index contributed by atoms with van der Waals surface area (Å²) in [7, 11) is 3.81. The number of nitrogens with zero attached hydrogens (tertiary/aromatic N) is 4. The number of aromatic nitrogens is 2. The van der Waals surface area contributed by atoms with Crippen molar-refractivity contribution in [2.24, 2.45) is 23.5 Å². The Morgan fingerprint density at radius 3 is 2.62 bits per heavy atom. The van der Waals surface area contributed by atoms with E-state index in [0.29, 0.717) is 6.61 Å². The van der Waals surface area contributed by atoms with Gasteiger partial charge in [-0.05, 0) is 43.5 Å². The molecule has 4 N–H and O–H groups in total. The van der Waals surface area contributed by atoms with Crippen molar-refractivity contribution in [3.63, 3.8) is 0 Å². The number of piperazine rings is 1. The maximum absolute atomic E-state index is 14.6. The lowest BCUT2D eigenvalue weighted by Crippen LogP contribution is -2.44. The van der Waals surface area contributed by atoms with Gasteiger partial charge in [-0.2, -0.15) is 4.98 Å². The van der Waals surface area contributed by atoms with Gasteiger partial charge in [0.25, 0.3) is 0 Å². The van der Waals surface area contributed by atoms with Crippen LogP contribution in [0.1, 0.15) is 25.8 Å². The summed E-state index contributed by atoms with van der Waals surface area (Å²) in [5.41, 5.74) is 8.63. The first-order chi connectivity index (χ1) is 17.9. The van der Waals surface area contributed by atoms with Crippen LogP contribution in [0.2, 0.25) is 0 Å². The molecule has 37 heavy (non-hydrogen) atoms. The van der Waals surface area contributed by atoms with Crippen molar-refractivity contribution in [1.29, 1.82) is 0 Å². The number of methoxy groups -OCH3 is 1. The Kier molecular flexibility index (Phi) is 8.60. The first-order valence-electron chi connectivity index (χ1n) is 13.0. The molecule has 4 unspecified atom stereocenters. The molecular formula is C27H38FN7O2. The van der Waals surface area contributed by atoms with Gasteiger partial charge < -0.3 is 30.9 Å². The number of nitrogens with two attached hydrogens (primary N) is 1. The van der Waals surface area contributed by atoms with Gasteiger partial charge in [-0.3, -0.25) is 4.79 Å². The van der Waals surface area contributed by atoms with Crippen molar-refractivity contribution in [2.75, 3.05) is 55.9 Å². The monoisotopic (exact) mass is 511 g/mol. The molecule has 2 bridgehead atoms. The summed E-state index contributed by atoms with van der Waals surface area (Å²) < 4.78 is 20.1. The number of fused-ring (bicyclic) bond motifs is 2. The zero-order chi connectivity index (χ0) is 26.5. The van der Waals surface area contributed by atoms with Crippen molar-refractivity contribution < 1.29 is 13.9 Å². The Morgan fingerprint density at radius 2 is 1.92 bits per heavy atom. The molecule has 1 saturated heterocycles. The molecule has 1 aliphatic heterocycles. The van der Waals surface area contributed by atoms with Gasteiger partial charge in [-0.1, -0.05) is 26.0 Å². The number of carbonyl (C=O) groups is 1. The molecule has 2 heterocycles. The largest absolute Gasteiger partial charge is 0.380 e. The fourth-order valence-corrected chi connectivity index (χ4v) is 5.51. The molecule has 1 aromatic heterocycles. The maximum atomic E-state index is 14.6. The second-order valence-corrected chi connectivity index (χ2v) is 9.63. The third-order valence-corrected chi connectivity index (χ3v) is 7.31. The highest BCUT2D eigenvalue weighted by atomic mass is 19.1. The molecule has 4 atom stereocenters. The Bertz CT molecular complexity index is 1120. The van der Waals surface area contributed by atoms with E-state index in [9.17, 15) is 9.18 Å². The molecule has 3 aliphatic rings. The predicted octanol–water partition coefficient (Wildman–Crippen LogP) is 3.37. The maximum Gasteiger partial charge on any atom is 0.229 e. The topological polar surface area (TPSA) is 109 Å². The SMILES string of the molecule is CC.COCc1cc(Nc2ncc(F)c(NC3C4C=CC(C4)C3C(N)=O)n2)ccc1N1CCN(C)CC1. The van der Waals surface area contributed by atoms with Crippen molar-refractivity contribution >= 4 is 29.0 Å². The van der Waals surface area contributed by atoms with Crippen molar-refractivity contribution in [1.82, 2.24) is 14.9 Å². The van der Waals surface area contributed by atoms with Crippen LogP contribution in [0, 0.1) is 23.6 Å². The number of hydrogen-bond acceptors (Lipinski definition) is 8. The van der Waals surface area contributed by atoms with Gasteiger partial charge in [0.05, 0.1) is 18.7 Å². The van der Waals surface area contributed by atoms with Crippen LogP contribution in [0.4, 0.5) is 27.5 Å². The number of benzene rings is 1. The number of halogens is 1. The third-order valence-electron chi connectivity index (χ3n) is 7.31. The normalized spacial score (nSPS) is 24.5. The number of primary amides is 1. The summed E-state index contributed by atoms with van der Waals surface area (Å²) in [6.07, 6.45) is 6.07. The highest BCUT2D eigenvalue weighted by Gasteiger charge is 2.47. The number of anilines is 4. The number of rotatable bonds is 8. The Hall–Kier alpha value is -3.24. The van der Waals surface area contributed by atoms with Crippen molar-refractivity contribution in [2.45, 2.75) is 32.9 Å². The molecule has 1 aromatic carbocycles. The highest BCUT2D eigenvalue weighted by molar-refractivity contribution is 5.79. The minimum absolute atomic E-state index is 0.0610. The summed E-state index contributed by atoms with van der Waals surface area (Å²) >= 11 is 0. The van der Waals surface area contributed by atoms with E-state index in [2.05, 4.69) is 49.6 Å². The minimum atomic E-state index is -0.573. The first kappa shape index (κ1) is 26.8. The molecule has 1 saturated carbocycles. The quantitative estimate of drug-likeness (QED) is 0.463. The standard InChI is InChI=1S/C25H32FN7O2.C2H6/c1-32-7-9-33(10-8-32)20-6-5-18(12-17(20)14-35-2)29-25-28-13-19(26)24(31-25)30-22-16-4-3-15(11-16)21(22)23(27)34;1-2/h3-6,12-13,15-16,21-22H,7-11,14H2,1-2H3,(H2,27,34)(H2,28,29,30,31);1-2H3.